The minimum absolute atomic E-state index is 0.110. The number of fused-ring (bicyclic) bond motifs is 2. The Morgan fingerprint density at radius 2 is 2.00 bits per heavy atom. The molecule has 0 radical (unpaired) electrons. The summed E-state index contributed by atoms with van der Waals surface area (Å²) in [5.41, 5.74) is 4.79. The molecule has 24 heavy (non-hydrogen) atoms. The van der Waals surface area contributed by atoms with Gasteiger partial charge >= 0.3 is 0 Å². The van der Waals surface area contributed by atoms with Crippen molar-refractivity contribution in [2.24, 2.45) is 0 Å². The van der Waals surface area contributed by atoms with Crippen LogP contribution in [-0.2, 0) is 6.42 Å². The summed E-state index contributed by atoms with van der Waals surface area (Å²) in [4.78, 5) is 12.8. The summed E-state index contributed by atoms with van der Waals surface area (Å²) in [6, 6.07) is 13.6. The van der Waals surface area contributed by atoms with Gasteiger partial charge in [-0.25, -0.2) is 0 Å². The first-order valence-corrected chi connectivity index (χ1v) is 8.09. The fraction of sp³-hybridized carbons (Fsp3) is 0.190. The molecule has 0 bridgehead atoms. The molecule has 0 fully saturated rings. The molecule has 0 atom stereocenters. The normalized spacial score (nSPS) is 17.6. The number of ether oxygens (including phenoxy) is 2. The van der Waals surface area contributed by atoms with E-state index in [0.29, 0.717) is 6.61 Å². The van der Waals surface area contributed by atoms with Gasteiger partial charge in [-0.1, -0.05) is 18.2 Å². The number of methoxy groups -OCH3 is 1. The predicted molar refractivity (Wildman–Crippen MR) is 93.6 cm³/mol. The summed E-state index contributed by atoms with van der Waals surface area (Å²) < 4.78 is 11.0. The highest BCUT2D eigenvalue weighted by atomic mass is 16.5. The van der Waals surface area contributed by atoms with Gasteiger partial charge in [0.15, 0.2) is 5.78 Å². The number of aryl methyl sites for hydroxylation is 1. The van der Waals surface area contributed by atoms with Crippen LogP contribution in [0.4, 0.5) is 0 Å². The van der Waals surface area contributed by atoms with Crippen LogP contribution in [0.1, 0.15) is 27.9 Å². The van der Waals surface area contributed by atoms with Crippen LogP contribution in [0.25, 0.3) is 6.08 Å². The lowest BCUT2D eigenvalue weighted by atomic mass is 9.85. The lowest BCUT2D eigenvalue weighted by Gasteiger charge is -2.20. The number of Topliss-reactive ketones (excluding diaryl/α,β-unsaturated/α-hetero) is 1. The largest absolute Gasteiger partial charge is 0.497 e. The second-order valence-corrected chi connectivity index (χ2v) is 6.07. The van der Waals surface area contributed by atoms with Gasteiger partial charge in [0, 0.05) is 16.7 Å². The van der Waals surface area contributed by atoms with E-state index in [0.717, 1.165) is 52.2 Å². The van der Waals surface area contributed by atoms with Crippen molar-refractivity contribution in [3.8, 4) is 11.5 Å². The number of allylic oxidation sites excluding steroid dienone is 1. The number of rotatable bonds is 2. The molecule has 4 rings (SSSR count). The maximum atomic E-state index is 12.8. The van der Waals surface area contributed by atoms with Gasteiger partial charge < -0.3 is 9.47 Å². The molecular formula is C21H18O3. The Hall–Kier alpha value is -2.81. The first kappa shape index (κ1) is 14.8. The van der Waals surface area contributed by atoms with Gasteiger partial charge in [0.25, 0.3) is 0 Å². The van der Waals surface area contributed by atoms with Crippen molar-refractivity contribution in [1.82, 2.24) is 0 Å². The second kappa shape index (κ2) is 6.00. The Morgan fingerprint density at radius 3 is 2.88 bits per heavy atom. The van der Waals surface area contributed by atoms with E-state index < -0.39 is 0 Å². The fourth-order valence-corrected chi connectivity index (χ4v) is 3.26. The minimum Gasteiger partial charge on any atom is -0.497 e. The smallest absolute Gasteiger partial charge is 0.189 e. The highest BCUT2D eigenvalue weighted by Crippen LogP contribution is 2.31. The molecule has 0 aromatic heterocycles. The monoisotopic (exact) mass is 318 g/mol. The molecule has 1 heterocycles. The molecule has 3 heteroatoms. The minimum atomic E-state index is 0.110. The van der Waals surface area contributed by atoms with Gasteiger partial charge in [0.2, 0.25) is 0 Å². The van der Waals surface area contributed by atoms with Crippen LogP contribution in [0.2, 0.25) is 0 Å². The maximum absolute atomic E-state index is 12.8. The molecule has 1 aliphatic carbocycles. The van der Waals surface area contributed by atoms with Crippen molar-refractivity contribution in [3.05, 3.63) is 76.4 Å². The second-order valence-electron chi connectivity index (χ2n) is 6.07. The Kier molecular flexibility index (Phi) is 3.69. The zero-order valence-corrected chi connectivity index (χ0v) is 13.5. The van der Waals surface area contributed by atoms with E-state index >= 15 is 0 Å². The molecule has 1 aliphatic heterocycles. The average Bonchev–Trinajstić information content (AvgIpc) is 2.63. The van der Waals surface area contributed by atoms with Gasteiger partial charge in [-0.05, 0) is 60.4 Å². The van der Waals surface area contributed by atoms with Gasteiger partial charge in [-0.15, -0.1) is 0 Å². The van der Waals surface area contributed by atoms with Crippen molar-refractivity contribution in [1.29, 1.82) is 0 Å². The van der Waals surface area contributed by atoms with Crippen LogP contribution >= 0.6 is 0 Å². The van der Waals surface area contributed by atoms with Crippen molar-refractivity contribution in [3.63, 3.8) is 0 Å². The van der Waals surface area contributed by atoms with Crippen LogP contribution in [0, 0.1) is 0 Å². The molecule has 0 N–H and O–H groups in total. The molecule has 0 saturated carbocycles. The van der Waals surface area contributed by atoms with E-state index in [9.17, 15) is 4.79 Å². The number of carbonyl (C=O) groups excluding carboxylic acids is 1. The molecule has 2 aromatic rings. The van der Waals surface area contributed by atoms with Crippen LogP contribution in [0.5, 0.6) is 11.5 Å². The molecule has 2 aromatic carbocycles. The highest BCUT2D eigenvalue weighted by molar-refractivity contribution is 6.11. The lowest BCUT2D eigenvalue weighted by Crippen LogP contribution is -2.15. The zero-order chi connectivity index (χ0) is 16.5. The first-order valence-electron chi connectivity index (χ1n) is 8.09. The molecular weight excluding hydrogens is 300 g/mol. The van der Waals surface area contributed by atoms with E-state index in [4.69, 9.17) is 9.47 Å². The molecule has 3 nitrogen and oxygen atoms in total. The zero-order valence-electron chi connectivity index (χ0n) is 13.5. The SMILES string of the molecule is COc1ccc2c(c1)CCC(=CC1=Cc3ccccc3OC1)C2=O. The van der Waals surface area contributed by atoms with E-state index in [1.807, 2.05) is 48.5 Å². The van der Waals surface area contributed by atoms with Crippen LogP contribution < -0.4 is 9.47 Å². The van der Waals surface area contributed by atoms with Crippen LogP contribution in [0.3, 0.4) is 0 Å². The van der Waals surface area contributed by atoms with E-state index in [-0.39, 0.29) is 5.78 Å². The molecule has 0 amide bonds. The van der Waals surface area contributed by atoms with Crippen molar-refractivity contribution in [2.45, 2.75) is 12.8 Å². The number of hydrogen-bond donors (Lipinski definition) is 0. The molecule has 2 aliphatic rings. The maximum Gasteiger partial charge on any atom is 0.189 e. The average molecular weight is 318 g/mol. The molecule has 0 saturated heterocycles. The summed E-state index contributed by atoms with van der Waals surface area (Å²) >= 11 is 0. The third-order valence-electron chi connectivity index (χ3n) is 4.53. The molecule has 0 unspecified atom stereocenters. The summed E-state index contributed by atoms with van der Waals surface area (Å²) in [5, 5.41) is 0. The van der Waals surface area contributed by atoms with Crippen LogP contribution in [-0.4, -0.2) is 19.5 Å². The first-order chi connectivity index (χ1) is 11.7. The molecule has 120 valence electrons. The number of hydrogen-bond acceptors (Lipinski definition) is 3. The van der Waals surface area contributed by atoms with Crippen LogP contribution in [0.15, 0.2) is 59.7 Å². The summed E-state index contributed by atoms with van der Waals surface area (Å²) in [6.07, 6.45) is 5.70. The Bertz CT molecular complexity index is 874. The lowest BCUT2D eigenvalue weighted by molar-refractivity contribution is 0.102. The van der Waals surface area contributed by atoms with E-state index in [1.54, 1.807) is 7.11 Å². The van der Waals surface area contributed by atoms with Gasteiger partial charge in [-0.2, -0.15) is 0 Å². The predicted octanol–water partition coefficient (Wildman–Crippen LogP) is 4.23. The summed E-state index contributed by atoms with van der Waals surface area (Å²) in [7, 11) is 1.64. The summed E-state index contributed by atoms with van der Waals surface area (Å²) in [6.45, 7) is 0.503. The van der Waals surface area contributed by atoms with Gasteiger partial charge in [-0.3, -0.25) is 4.79 Å². The topological polar surface area (TPSA) is 35.5 Å². The van der Waals surface area contributed by atoms with Gasteiger partial charge in [0.05, 0.1) is 7.11 Å². The Morgan fingerprint density at radius 1 is 1.12 bits per heavy atom. The van der Waals surface area contributed by atoms with Crippen molar-refractivity contribution >= 4 is 11.9 Å². The van der Waals surface area contributed by atoms with E-state index in [1.165, 1.54) is 0 Å². The van der Waals surface area contributed by atoms with E-state index in [2.05, 4.69) is 6.08 Å². The third kappa shape index (κ3) is 2.62. The fourth-order valence-electron chi connectivity index (χ4n) is 3.26. The number of benzene rings is 2. The van der Waals surface area contributed by atoms with Gasteiger partial charge in [0.1, 0.15) is 18.1 Å². The number of ketones is 1. The molecule has 0 spiro atoms. The third-order valence-corrected chi connectivity index (χ3v) is 4.53. The summed E-state index contributed by atoms with van der Waals surface area (Å²) in [5.74, 6) is 1.81. The van der Waals surface area contributed by atoms with Crippen molar-refractivity contribution < 1.29 is 14.3 Å². The number of carbonyl (C=O) groups is 1. The Balaban J connectivity index is 1.65. The standard InChI is InChI=1S/C21H18O3/c1-23-18-8-9-19-15(12-18)6-7-17(21(19)22)11-14-10-16-4-2-3-5-20(16)24-13-14/h2-5,8-12H,6-7,13H2,1H3. The quantitative estimate of drug-likeness (QED) is 0.778. The highest BCUT2D eigenvalue weighted by Gasteiger charge is 2.23. The number of para-hydroxylation sites is 1. The Labute approximate surface area is 141 Å². The van der Waals surface area contributed by atoms with Crippen molar-refractivity contribution in [2.75, 3.05) is 13.7 Å².